The maximum atomic E-state index is 6.43. The largest absolute Gasteiger partial charge is 0.491 e. The molecule has 3 rings (SSSR count). The van der Waals surface area contributed by atoms with Gasteiger partial charge in [0.25, 0.3) is 0 Å². The highest BCUT2D eigenvalue weighted by Crippen LogP contribution is 2.30. The molecule has 0 aliphatic heterocycles. The zero-order valence-electron chi connectivity index (χ0n) is 12.0. The first-order valence-electron chi connectivity index (χ1n) is 6.96. The molecule has 0 N–H and O–H groups in total. The molecule has 0 atom stereocenters. The summed E-state index contributed by atoms with van der Waals surface area (Å²) in [6, 6.07) is 17.8. The van der Waals surface area contributed by atoms with E-state index in [1.807, 2.05) is 68.4 Å². The van der Waals surface area contributed by atoms with E-state index in [-0.39, 0.29) is 6.10 Å². The van der Waals surface area contributed by atoms with Crippen molar-refractivity contribution in [2.24, 2.45) is 0 Å². The summed E-state index contributed by atoms with van der Waals surface area (Å²) in [5, 5.41) is 1.60. The van der Waals surface area contributed by atoms with E-state index in [0.717, 1.165) is 27.9 Å². The van der Waals surface area contributed by atoms with Gasteiger partial charge in [-0.05, 0) is 38.1 Å². The van der Waals surface area contributed by atoms with Gasteiger partial charge in [0.2, 0.25) is 0 Å². The van der Waals surface area contributed by atoms with Gasteiger partial charge >= 0.3 is 0 Å². The third kappa shape index (κ3) is 3.01. The summed E-state index contributed by atoms with van der Waals surface area (Å²) < 4.78 is 5.71. The Morgan fingerprint density at radius 1 is 1.00 bits per heavy atom. The number of rotatable bonds is 3. The Hall–Kier alpha value is -2.06. The molecule has 1 heterocycles. The number of hydrogen-bond acceptors (Lipinski definition) is 2. The van der Waals surface area contributed by atoms with Gasteiger partial charge in [0.15, 0.2) is 0 Å². The number of halogens is 1. The van der Waals surface area contributed by atoms with Crippen molar-refractivity contribution in [1.29, 1.82) is 0 Å². The number of nitrogens with zero attached hydrogens (tertiary/aromatic N) is 1. The van der Waals surface area contributed by atoms with E-state index in [2.05, 4.69) is 4.98 Å². The van der Waals surface area contributed by atoms with E-state index in [0.29, 0.717) is 5.02 Å². The fourth-order valence-corrected chi connectivity index (χ4v) is 2.52. The maximum absolute atomic E-state index is 6.43. The second-order valence-corrected chi connectivity index (χ2v) is 5.61. The predicted octanol–water partition coefficient (Wildman–Crippen LogP) is 5.34. The predicted molar refractivity (Wildman–Crippen MR) is 88.0 cm³/mol. The average Bonchev–Trinajstić information content (AvgIpc) is 2.48. The number of hydrogen-bond donors (Lipinski definition) is 0. The van der Waals surface area contributed by atoms with Crippen LogP contribution in [0.3, 0.4) is 0 Å². The van der Waals surface area contributed by atoms with Gasteiger partial charge in [-0.2, -0.15) is 0 Å². The summed E-state index contributed by atoms with van der Waals surface area (Å²) in [4.78, 5) is 4.69. The van der Waals surface area contributed by atoms with Crippen LogP contribution in [0.5, 0.6) is 5.75 Å². The Morgan fingerprint density at radius 2 is 1.76 bits per heavy atom. The van der Waals surface area contributed by atoms with Gasteiger partial charge in [-0.1, -0.05) is 41.9 Å². The first kappa shape index (κ1) is 13.9. The molecule has 2 nitrogen and oxygen atoms in total. The lowest BCUT2D eigenvalue weighted by molar-refractivity contribution is 0.243. The zero-order chi connectivity index (χ0) is 14.8. The Balaban J connectivity index is 2.09. The molecule has 0 fully saturated rings. The van der Waals surface area contributed by atoms with Crippen molar-refractivity contribution in [3.05, 3.63) is 59.6 Å². The lowest BCUT2D eigenvalue weighted by atomic mass is 10.1. The summed E-state index contributed by atoms with van der Waals surface area (Å²) in [7, 11) is 0. The highest BCUT2D eigenvalue weighted by atomic mass is 35.5. The lowest BCUT2D eigenvalue weighted by Gasteiger charge is -2.11. The van der Waals surface area contributed by atoms with Crippen LogP contribution in [0, 0.1) is 0 Å². The molecule has 0 bridgehead atoms. The molecule has 3 heteroatoms. The van der Waals surface area contributed by atoms with Crippen LogP contribution < -0.4 is 4.74 Å². The molecule has 0 saturated carbocycles. The molecule has 3 aromatic rings. The van der Waals surface area contributed by atoms with E-state index < -0.39 is 0 Å². The van der Waals surface area contributed by atoms with Gasteiger partial charge in [-0.15, -0.1) is 0 Å². The van der Waals surface area contributed by atoms with Crippen molar-refractivity contribution in [3.8, 4) is 17.0 Å². The minimum atomic E-state index is 0.137. The normalized spacial score (nSPS) is 11.0. The first-order chi connectivity index (χ1) is 10.1. The van der Waals surface area contributed by atoms with Crippen LogP contribution in [-0.4, -0.2) is 11.1 Å². The van der Waals surface area contributed by atoms with Gasteiger partial charge in [0.1, 0.15) is 5.75 Å². The Morgan fingerprint density at radius 3 is 2.48 bits per heavy atom. The van der Waals surface area contributed by atoms with Crippen LogP contribution in [0.1, 0.15) is 13.8 Å². The van der Waals surface area contributed by atoms with Crippen LogP contribution in [-0.2, 0) is 0 Å². The standard InChI is InChI=1S/C18H16ClNO/c1-12(2)21-14-8-9-17-15(10-14)16(19)11-18(20-17)13-6-4-3-5-7-13/h3-12H,1-2H3. The van der Waals surface area contributed by atoms with Crippen molar-refractivity contribution < 1.29 is 4.74 Å². The van der Waals surface area contributed by atoms with Gasteiger partial charge in [0.05, 0.1) is 22.3 Å². The SMILES string of the molecule is CC(C)Oc1ccc2nc(-c3ccccc3)cc(Cl)c2c1. The lowest BCUT2D eigenvalue weighted by Crippen LogP contribution is -2.05. The van der Waals surface area contributed by atoms with Crippen molar-refractivity contribution in [1.82, 2.24) is 4.98 Å². The molecule has 0 amide bonds. The highest BCUT2D eigenvalue weighted by molar-refractivity contribution is 6.35. The van der Waals surface area contributed by atoms with E-state index in [4.69, 9.17) is 16.3 Å². The Kier molecular flexibility index (Phi) is 3.80. The van der Waals surface area contributed by atoms with Crippen LogP contribution >= 0.6 is 11.6 Å². The fraction of sp³-hybridized carbons (Fsp3) is 0.167. The summed E-state index contributed by atoms with van der Waals surface area (Å²) in [5.41, 5.74) is 2.81. The second kappa shape index (κ2) is 5.74. The van der Waals surface area contributed by atoms with Gasteiger partial charge in [-0.3, -0.25) is 0 Å². The number of ether oxygens (including phenoxy) is 1. The Labute approximate surface area is 129 Å². The Bertz CT molecular complexity index is 769. The number of pyridine rings is 1. The summed E-state index contributed by atoms with van der Waals surface area (Å²) in [5.74, 6) is 0.814. The highest BCUT2D eigenvalue weighted by Gasteiger charge is 2.08. The molecule has 0 unspecified atom stereocenters. The molecule has 1 aromatic heterocycles. The fourth-order valence-electron chi connectivity index (χ4n) is 2.27. The molecular formula is C18H16ClNO. The topological polar surface area (TPSA) is 22.1 Å². The third-order valence-corrected chi connectivity index (χ3v) is 3.48. The minimum Gasteiger partial charge on any atom is -0.491 e. The second-order valence-electron chi connectivity index (χ2n) is 5.20. The molecule has 0 aliphatic rings. The van der Waals surface area contributed by atoms with Crippen molar-refractivity contribution in [2.45, 2.75) is 20.0 Å². The molecule has 21 heavy (non-hydrogen) atoms. The van der Waals surface area contributed by atoms with Gasteiger partial charge < -0.3 is 4.74 Å². The monoisotopic (exact) mass is 297 g/mol. The first-order valence-corrected chi connectivity index (χ1v) is 7.33. The molecule has 0 spiro atoms. The smallest absolute Gasteiger partial charge is 0.120 e. The van der Waals surface area contributed by atoms with E-state index in [1.165, 1.54) is 0 Å². The van der Waals surface area contributed by atoms with E-state index in [1.54, 1.807) is 0 Å². The number of fused-ring (bicyclic) bond motifs is 1. The maximum Gasteiger partial charge on any atom is 0.120 e. The molecule has 0 aliphatic carbocycles. The van der Waals surface area contributed by atoms with Crippen LogP contribution in [0.2, 0.25) is 5.02 Å². The van der Waals surface area contributed by atoms with E-state index in [9.17, 15) is 0 Å². The minimum absolute atomic E-state index is 0.137. The quantitative estimate of drug-likeness (QED) is 0.651. The number of benzene rings is 2. The summed E-state index contributed by atoms with van der Waals surface area (Å²) >= 11 is 6.43. The van der Waals surface area contributed by atoms with E-state index >= 15 is 0 Å². The molecular weight excluding hydrogens is 282 g/mol. The van der Waals surface area contributed by atoms with Crippen LogP contribution in [0.15, 0.2) is 54.6 Å². The zero-order valence-corrected chi connectivity index (χ0v) is 12.8. The summed E-state index contributed by atoms with van der Waals surface area (Å²) in [6.07, 6.45) is 0.137. The molecule has 0 radical (unpaired) electrons. The van der Waals surface area contributed by atoms with Gasteiger partial charge in [0, 0.05) is 10.9 Å². The molecule has 2 aromatic carbocycles. The van der Waals surface area contributed by atoms with Gasteiger partial charge in [-0.25, -0.2) is 4.98 Å². The molecule has 0 saturated heterocycles. The van der Waals surface area contributed by atoms with Crippen molar-refractivity contribution >= 4 is 22.5 Å². The van der Waals surface area contributed by atoms with Crippen LogP contribution in [0.4, 0.5) is 0 Å². The average molecular weight is 298 g/mol. The van der Waals surface area contributed by atoms with Crippen molar-refractivity contribution in [3.63, 3.8) is 0 Å². The number of aromatic nitrogens is 1. The van der Waals surface area contributed by atoms with Crippen LogP contribution in [0.25, 0.3) is 22.2 Å². The summed E-state index contributed by atoms with van der Waals surface area (Å²) in [6.45, 7) is 4.01. The van der Waals surface area contributed by atoms with Crippen molar-refractivity contribution in [2.75, 3.05) is 0 Å². The molecule has 106 valence electrons. The third-order valence-electron chi connectivity index (χ3n) is 3.17.